The molecule has 0 atom stereocenters. The third kappa shape index (κ3) is 25.3. The minimum absolute atomic E-state index is 0. The summed E-state index contributed by atoms with van der Waals surface area (Å²) in [6.45, 7) is 8.96. The molecule has 6 nitrogen and oxygen atoms in total. The van der Waals surface area contributed by atoms with E-state index in [9.17, 15) is 25.9 Å². The van der Waals surface area contributed by atoms with Crippen LogP contribution in [-0.4, -0.2) is 63.7 Å². The summed E-state index contributed by atoms with van der Waals surface area (Å²) in [6.07, 6.45) is 42.7. The first-order chi connectivity index (χ1) is 33.0. The Labute approximate surface area is 453 Å². The normalized spacial score (nSPS) is 11.8. The first-order valence-corrected chi connectivity index (χ1v) is 30.8. The molecule has 0 amide bonds. The van der Waals surface area contributed by atoms with Crippen LogP contribution in [0, 0.1) is 0 Å². The van der Waals surface area contributed by atoms with Crippen LogP contribution in [0.25, 0.3) is 21.5 Å². The van der Waals surface area contributed by atoms with Gasteiger partial charge in [0.05, 0.1) is 9.79 Å². The second-order valence-electron chi connectivity index (χ2n) is 19.9. The number of benzene rings is 4. The van der Waals surface area contributed by atoms with Gasteiger partial charge in [0.2, 0.25) is 0 Å². The third-order valence-electron chi connectivity index (χ3n) is 14.1. The summed E-state index contributed by atoms with van der Waals surface area (Å²) in [5.74, 6) is 0. The van der Waals surface area contributed by atoms with Crippen molar-refractivity contribution in [3.05, 3.63) is 82.9 Å². The fourth-order valence-electron chi connectivity index (χ4n) is 10.2. The number of unbranched alkanes of at least 4 members (excludes halogenated alkanes) is 28. The van der Waals surface area contributed by atoms with Gasteiger partial charge in [-0.05, 0) is 107 Å². The van der Waals surface area contributed by atoms with Crippen LogP contribution in [0.15, 0.2) is 70.5 Å². The summed E-state index contributed by atoms with van der Waals surface area (Å²) in [5, 5.41) is 4.15. The van der Waals surface area contributed by atoms with Crippen molar-refractivity contribution in [2.45, 2.75) is 269 Å². The summed E-state index contributed by atoms with van der Waals surface area (Å²) in [4.78, 5) is -0.0161. The minimum atomic E-state index is -4.49. The molecule has 0 bridgehead atoms. The zero-order chi connectivity index (χ0) is 49.3. The largest absolute Gasteiger partial charge is 2.00 e. The van der Waals surface area contributed by atoms with Crippen LogP contribution in [0.1, 0.15) is 255 Å². The van der Waals surface area contributed by atoms with Crippen LogP contribution in [0.2, 0.25) is 0 Å². The van der Waals surface area contributed by atoms with Crippen molar-refractivity contribution in [3.8, 4) is 0 Å². The van der Waals surface area contributed by atoms with Gasteiger partial charge in [-0.1, -0.05) is 256 Å². The Morgan fingerprint density at radius 3 is 0.826 bits per heavy atom. The summed E-state index contributed by atoms with van der Waals surface area (Å²) >= 11 is 0. The van der Waals surface area contributed by atoms with Gasteiger partial charge in [0.15, 0.2) is 0 Å². The molecule has 0 N–H and O–H groups in total. The van der Waals surface area contributed by atoms with Crippen molar-refractivity contribution in [3.63, 3.8) is 0 Å². The number of hydrogen-bond donors (Lipinski definition) is 0. The van der Waals surface area contributed by atoms with Crippen LogP contribution >= 0.6 is 0 Å². The zero-order valence-corrected chi connectivity index (χ0v) is 48.0. The average molecular weight is 1020 g/mol. The molecule has 384 valence electrons. The molecule has 0 spiro atoms. The van der Waals surface area contributed by atoms with Gasteiger partial charge in [0.1, 0.15) is 20.2 Å². The van der Waals surface area contributed by atoms with E-state index in [2.05, 4.69) is 52.0 Å². The van der Waals surface area contributed by atoms with E-state index in [0.717, 1.165) is 84.0 Å². The van der Waals surface area contributed by atoms with E-state index < -0.39 is 20.2 Å². The van der Waals surface area contributed by atoms with Gasteiger partial charge < -0.3 is 9.11 Å². The smallest absolute Gasteiger partial charge is 0.744 e. The molecule has 9 heteroatoms. The van der Waals surface area contributed by atoms with E-state index in [1.807, 2.05) is 24.3 Å². The second kappa shape index (κ2) is 38.1. The van der Waals surface area contributed by atoms with Gasteiger partial charge in [-0.25, -0.2) is 16.8 Å². The van der Waals surface area contributed by atoms with Crippen molar-refractivity contribution in [2.24, 2.45) is 0 Å². The van der Waals surface area contributed by atoms with E-state index in [0.29, 0.717) is 12.8 Å². The molecular formula is C60H94CaO6S2. The van der Waals surface area contributed by atoms with E-state index in [1.165, 1.54) is 190 Å². The number of hydrogen-bond acceptors (Lipinski definition) is 6. The Bertz CT molecular complexity index is 2030. The van der Waals surface area contributed by atoms with Crippen LogP contribution in [0.5, 0.6) is 0 Å². The summed E-state index contributed by atoms with van der Waals surface area (Å²) < 4.78 is 72.6. The Hall–Kier alpha value is -1.52. The van der Waals surface area contributed by atoms with E-state index in [-0.39, 0.29) is 47.5 Å². The standard InChI is InChI=1S/2C30H48O3S.Ca/c2*1-3-5-7-9-11-13-15-17-20-26-21-19-22-27-24-25-29(34(31,32)33)28(30(26)27)23-18-16-14-12-10-8-6-4-2;/h2*19,21-22,24-25H,3-18,20,23H2,1-2H3,(H,31,32,33);/q;;+2/p-2. The Balaban J connectivity index is 0.000000467. The van der Waals surface area contributed by atoms with E-state index in [1.54, 1.807) is 0 Å². The van der Waals surface area contributed by atoms with Crippen molar-refractivity contribution < 1.29 is 25.9 Å². The van der Waals surface area contributed by atoms with Crippen LogP contribution < -0.4 is 0 Å². The van der Waals surface area contributed by atoms with Crippen LogP contribution in [0.3, 0.4) is 0 Å². The molecule has 0 aliphatic heterocycles. The quantitative estimate of drug-likeness (QED) is 0.0251. The van der Waals surface area contributed by atoms with Crippen molar-refractivity contribution >= 4 is 79.5 Å². The number of rotatable bonds is 38. The first kappa shape index (κ1) is 63.6. The van der Waals surface area contributed by atoms with Crippen molar-refractivity contribution in [1.29, 1.82) is 0 Å². The molecule has 4 aromatic rings. The van der Waals surface area contributed by atoms with Crippen molar-refractivity contribution in [2.75, 3.05) is 0 Å². The Kier molecular flexibility index (Phi) is 35.1. The second-order valence-corrected chi connectivity index (χ2v) is 22.6. The van der Waals surface area contributed by atoms with Gasteiger partial charge >= 0.3 is 37.7 Å². The zero-order valence-electron chi connectivity index (χ0n) is 44.2. The maximum atomic E-state index is 12.1. The molecular weight excluding hydrogens is 921 g/mol. The van der Waals surface area contributed by atoms with Crippen molar-refractivity contribution in [1.82, 2.24) is 0 Å². The average Bonchev–Trinajstić information content (AvgIpc) is 3.31. The molecule has 0 aliphatic carbocycles. The monoisotopic (exact) mass is 1010 g/mol. The summed E-state index contributed by atoms with van der Waals surface area (Å²) in [5.41, 5.74) is 3.91. The fraction of sp³-hybridized carbons (Fsp3) is 0.667. The predicted molar refractivity (Wildman–Crippen MR) is 295 cm³/mol. The van der Waals surface area contributed by atoms with Crippen LogP contribution in [-0.2, 0) is 45.9 Å². The van der Waals surface area contributed by atoms with Gasteiger partial charge in [0.25, 0.3) is 0 Å². The summed E-state index contributed by atoms with van der Waals surface area (Å²) in [7, 11) is -8.98. The molecule has 0 fully saturated rings. The van der Waals surface area contributed by atoms with E-state index in [4.69, 9.17) is 0 Å². The fourth-order valence-corrected chi connectivity index (χ4v) is 11.7. The molecule has 4 aromatic carbocycles. The number of aryl methyl sites for hydroxylation is 4. The molecule has 69 heavy (non-hydrogen) atoms. The molecule has 0 radical (unpaired) electrons. The maximum Gasteiger partial charge on any atom is 2.00 e. The third-order valence-corrected chi connectivity index (χ3v) is 15.9. The molecule has 0 heterocycles. The van der Waals surface area contributed by atoms with Crippen LogP contribution in [0.4, 0.5) is 0 Å². The van der Waals surface area contributed by atoms with Gasteiger partial charge in [-0.3, -0.25) is 0 Å². The van der Waals surface area contributed by atoms with E-state index >= 15 is 0 Å². The summed E-state index contributed by atoms with van der Waals surface area (Å²) in [6, 6.07) is 19.2. The van der Waals surface area contributed by atoms with Gasteiger partial charge in [0, 0.05) is 0 Å². The molecule has 4 rings (SSSR count). The molecule has 0 unspecified atom stereocenters. The molecule has 0 aliphatic rings. The maximum absolute atomic E-state index is 12.1. The molecule has 0 aromatic heterocycles. The topological polar surface area (TPSA) is 114 Å². The minimum Gasteiger partial charge on any atom is -0.744 e. The van der Waals surface area contributed by atoms with Gasteiger partial charge in [-0.15, -0.1) is 0 Å². The molecule has 0 saturated carbocycles. The number of fused-ring (bicyclic) bond motifs is 2. The predicted octanol–water partition coefficient (Wildman–Crippen LogP) is 17.8. The first-order valence-electron chi connectivity index (χ1n) is 28.0. The SMILES string of the molecule is CCCCCCCCCCc1cccc2ccc(S(=O)(=O)[O-])c(CCCCCCCCCC)c12.CCCCCCCCCCc1cccc2ccc(S(=O)(=O)[O-])c(CCCCCCCCCC)c12.[Ca+2]. The Morgan fingerprint density at radius 1 is 0.319 bits per heavy atom. The molecule has 0 saturated heterocycles. The van der Waals surface area contributed by atoms with Gasteiger partial charge in [-0.2, -0.15) is 0 Å². The Morgan fingerprint density at radius 2 is 0.565 bits per heavy atom.